The van der Waals surface area contributed by atoms with Crippen LogP contribution in [-0.4, -0.2) is 29.9 Å². The van der Waals surface area contributed by atoms with Gasteiger partial charge in [-0.05, 0) is 83.3 Å². The fraction of sp³-hybridized carbons (Fsp3) is 0.125. The summed E-state index contributed by atoms with van der Waals surface area (Å²) in [5.41, 5.74) is 13.7. The number of pyridine rings is 2. The van der Waals surface area contributed by atoms with Crippen LogP contribution in [0.2, 0.25) is 0 Å². The van der Waals surface area contributed by atoms with E-state index in [1.165, 1.54) is 22.3 Å². The number of aromatic nitrogens is 6. The molecule has 0 N–H and O–H groups in total. The Bertz CT molecular complexity index is 2810. The zero-order valence-electron chi connectivity index (χ0n) is 30.1. The quantitative estimate of drug-likeness (QED) is 0.178. The van der Waals surface area contributed by atoms with E-state index in [1.807, 2.05) is 48.5 Å². The lowest BCUT2D eigenvalue weighted by molar-refractivity contribution is 0.720. The Morgan fingerprint density at radius 3 is 1.67 bits per heavy atom. The molecule has 10 rings (SSSR count). The molecule has 0 spiro atoms. The van der Waals surface area contributed by atoms with E-state index in [2.05, 4.69) is 111 Å². The van der Waals surface area contributed by atoms with Gasteiger partial charge in [-0.2, -0.15) is 0 Å². The lowest BCUT2D eigenvalue weighted by Crippen LogP contribution is -2.07. The number of rotatable bonds is 5. The molecule has 4 aromatic carbocycles. The molecule has 4 aromatic heterocycles. The minimum absolute atomic E-state index is 0.344. The smallest absolute Gasteiger partial charge is 0.179 e. The van der Waals surface area contributed by atoms with E-state index in [9.17, 15) is 0 Å². The molecule has 0 aliphatic heterocycles. The molecule has 0 saturated carbocycles. The van der Waals surface area contributed by atoms with Gasteiger partial charge in [0.25, 0.3) is 0 Å². The highest BCUT2D eigenvalue weighted by atomic mass is 15.0. The molecule has 2 unspecified atom stereocenters. The highest BCUT2D eigenvalue weighted by molar-refractivity contribution is 5.98. The lowest BCUT2D eigenvalue weighted by Gasteiger charge is -2.21. The van der Waals surface area contributed by atoms with Crippen molar-refractivity contribution in [2.75, 3.05) is 0 Å². The van der Waals surface area contributed by atoms with Crippen LogP contribution in [0.15, 0.2) is 133 Å². The normalized spacial score (nSPS) is 16.0. The van der Waals surface area contributed by atoms with Gasteiger partial charge in [-0.3, -0.25) is 0 Å². The summed E-state index contributed by atoms with van der Waals surface area (Å²) in [6.07, 6.45) is 10.9. The molecule has 0 saturated heterocycles. The third-order valence-corrected chi connectivity index (χ3v) is 10.7. The molecule has 0 radical (unpaired) electrons. The Hall–Kier alpha value is -6.66. The Morgan fingerprint density at radius 2 is 1.04 bits per heavy atom. The molecule has 258 valence electrons. The predicted molar refractivity (Wildman–Crippen MR) is 219 cm³/mol. The van der Waals surface area contributed by atoms with Crippen LogP contribution in [0.1, 0.15) is 48.4 Å². The predicted octanol–water partition coefficient (Wildman–Crippen LogP) is 11.4. The topological polar surface area (TPSA) is 77.3 Å². The minimum atomic E-state index is 0.344. The van der Waals surface area contributed by atoms with Gasteiger partial charge < -0.3 is 0 Å². The van der Waals surface area contributed by atoms with Gasteiger partial charge in [0.15, 0.2) is 11.6 Å². The van der Waals surface area contributed by atoms with Gasteiger partial charge in [0.2, 0.25) is 0 Å². The van der Waals surface area contributed by atoms with Crippen molar-refractivity contribution in [3.63, 3.8) is 0 Å². The Balaban J connectivity index is 1.11. The average Bonchev–Trinajstić information content (AvgIpc) is 3.23. The summed E-state index contributed by atoms with van der Waals surface area (Å²) in [6.45, 7) is 4.53. The molecular weight excluding hydrogens is 661 g/mol. The van der Waals surface area contributed by atoms with E-state index in [4.69, 9.17) is 29.9 Å². The zero-order valence-corrected chi connectivity index (χ0v) is 30.1. The molecule has 0 fully saturated rings. The summed E-state index contributed by atoms with van der Waals surface area (Å²) in [5.74, 6) is 1.96. The van der Waals surface area contributed by atoms with Crippen molar-refractivity contribution < 1.29 is 0 Å². The molecule has 8 aromatic rings. The average molecular weight is 697 g/mol. The summed E-state index contributed by atoms with van der Waals surface area (Å²) < 4.78 is 0. The van der Waals surface area contributed by atoms with Crippen molar-refractivity contribution in [1.82, 2.24) is 29.9 Å². The molecule has 2 aliphatic carbocycles. The first-order valence-corrected chi connectivity index (χ1v) is 18.7. The standard InChI is InChI=1S/C48H36N6/c1-29-22-23-31-24-26-35-43(33-13-5-3-6-14-33)51-47(53-45(35)37(31)28-29)40-20-10-18-38(49-40)39-19-11-21-41(50-39)48-52-44(34-15-7-4-8-16-34)36-27-25-32-17-9-12-30(2)42(32)46(36)54-48/h3-11,13-27,29-30H,12,28H2,1-2H3. The van der Waals surface area contributed by atoms with Crippen LogP contribution in [-0.2, 0) is 6.42 Å². The van der Waals surface area contributed by atoms with Gasteiger partial charge in [0.05, 0.1) is 33.8 Å². The maximum Gasteiger partial charge on any atom is 0.179 e. The Labute approximate surface area is 314 Å². The summed E-state index contributed by atoms with van der Waals surface area (Å²) in [4.78, 5) is 31.2. The Morgan fingerprint density at radius 1 is 0.481 bits per heavy atom. The van der Waals surface area contributed by atoms with Gasteiger partial charge in [-0.1, -0.05) is 123 Å². The first-order valence-electron chi connectivity index (χ1n) is 18.7. The van der Waals surface area contributed by atoms with Crippen molar-refractivity contribution in [2.24, 2.45) is 5.92 Å². The first kappa shape index (κ1) is 32.0. The highest BCUT2D eigenvalue weighted by Crippen LogP contribution is 2.39. The first-order chi connectivity index (χ1) is 26.6. The number of hydrogen-bond donors (Lipinski definition) is 0. The van der Waals surface area contributed by atoms with Gasteiger partial charge in [-0.15, -0.1) is 0 Å². The van der Waals surface area contributed by atoms with Crippen LogP contribution in [0.25, 0.3) is 90.9 Å². The van der Waals surface area contributed by atoms with Crippen LogP contribution >= 0.6 is 0 Å². The number of fused-ring (bicyclic) bond motifs is 6. The van der Waals surface area contributed by atoms with E-state index >= 15 is 0 Å². The summed E-state index contributed by atoms with van der Waals surface area (Å²) in [5, 5.41) is 2.10. The molecule has 0 amide bonds. The van der Waals surface area contributed by atoms with E-state index in [0.717, 1.165) is 68.6 Å². The number of benzene rings is 4. The van der Waals surface area contributed by atoms with E-state index in [-0.39, 0.29) is 0 Å². The van der Waals surface area contributed by atoms with Crippen LogP contribution < -0.4 is 0 Å². The maximum absolute atomic E-state index is 5.25. The number of hydrogen-bond acceptors (Lipinski definition) is 6. The van der Waals surface area contributed by atoms with Gasteiger partial charge in [-0.25, -0.2) is 29.9 Å². The number of allylic oxidation sites excluding steroid dienone is 2. The van der Waals surface area contributed by atoms with Gasteiger partial charge >= 0.3 is 0 Å². The molecular formula is C48H36N6. The summed E-state index contributed by atoms with van der Waals surface area (Å²) in [6, 6.07) is 41.4. The SMILES string of the molecule is CC1C=Cc2ccc3c(-c4ccccc4)nc(-c4cccc(-c5cccc(-c6nc(-c7ccccc7)c7ccc8c(c7n6)C(C)CC=C8)n5)n4)nc3c2C1. The molecule has 4 heterocycles. The molecule has 2 atom stereocenters. The van der Waals surface area contributed by atoms with Crippen molar-refractivity contribution in [1.29, 1.82) is 0 Å². The lowest BCUT2D eigenvalue weighted by atomic mass is 9.86. The Kier molecular flexibility index (Phi) is 7.76. The second kappa shape index (κ2) is 13.1. The van der Waals surface area contributed by atoms with Crippen molar-refractivity contribution >= 4 is 34.0 Å². The highest BCUT2D eigenvalue weighted by Gasteiger charge is 2.23. The summed E-state index contributed by atoms with van der Waals surface area (Å²) >= 11 is 0. The van der Waals surface area contributed by atoms with Crippen LogP contribution in [0.3, 0.4) is 0 Å². The molecule has 6 heteroatoms. The van der Waals surface area contributed by atoms with Crippen LogP contribution in [0.5, 0.6) is 0 Å². The molecule has 0 bridgehead atoms. The largest absolute Gasteiger partial charge is 0.243 e. The monoisotopic (exact) mass is 696 g/mol. The molecule has 6 nitrogen and oxygen atoms in total. The van der Waals surface area contributed by atoms with E-state index in [0.29, 0.717) is 34.9 Å². The fourth-order valence-corrected chi connectivity index (χ4v) is 7.97. The van der Waals surface area contributed by atoms with E-state index < -0.39 is 0 Å². The van der Waals surface area contributed by atoms with Crippen molar-refractivity contribution in [3.8, 4) is 56.9 Å². The second-order valence-electron chi connectivity index (χ2n) is 14.4. The third-order valence-electron chi connectivity index (χ3n) is 10.7. The fourth-order valence-electron chi connectivity index (χ4n) is 7.97. The zero-order chi connectivity index (χ0) is 36.2. The van der Waals surface area contributed by atoms with Crippen LogP contribution in [0, 0.1) is 5.92 Å². The summed E-state index contributed by atoms with van der Waals surface area (Å²) in [7, 11) is 0. The van der Waals surface area contributed by atoms with Gasteiger partial charge in [0, 0.05) is 21.9 Å². The number of nitrogens with zero attached hydrogens (tertiary/aromatic N) is 6. The van der Waals surface area contributed by atoms with Crippen LogP contribution in [0.4, 0.5) is 0 Å². The maximum atomic E-state index is 5.25. The second-order valence-corrected chi connectivity index (χ2v) is 14.4. The van der Waals surface area contributed by atoms with Crippen molar-refractivity contribution in [2.45, 2.75) is 32.6 Å². The van der Waals surface area contributed by atoms with E-state index in [1.54, 1.807) is 0 Å². The van der Waals surface area contributed by atoms with Crippen molar-refractivity contribution in [3.05, 3.63) is 156 Å². The minimum Gasteiger partial charge on any atom is -0.243 e. The third kappa shape index (κ3) is 5.58. The molecule has 2 aliphatic rings. The van der Waals surface area contributed by atoms with Gasteiger partial charge in [0.1, 0.15) is 11.4 Å². The molecule has 54 heavy (non-hydrogen) atoms.